The minimum Gasteiger partial charge on any atom is -0.508 e. The molecule has 1 rings (SSSR count). The highest BCUT2D eigenvalue weighted by Crippen LogP contribution is 2.13. The van der Waals surface area contributed by atoms with Crippen molar-refractivity contribution in [2.75, 3.05) is 0 Å². The molecular formula is C15H25NO. The molecule has 1 aromatic carbocycles. The fourth-order valence-corrected chi connectivity index (χ4v) is 2.01. The Hall–Kier alpha value is -1.02. The minimum absolute atomic E-state index is 0.335. The van der Waals surface area contributed by atoms with Crippen LogP contribution in [0.1, 0.15) is 39.7 Å². The summed E-state index contributed by atoms with van der Waals surface area (Å²) < 4.78 is 0. The van der Waals surface area contributed by atoms with Crippen LogP contribution in [0.2, 0.25) is 0 Å². The summed E-state index contributed by atoms with van der Waals surface area (Å²) in [6, 6.07) is 8.49. The summed E-state index contributed by atoms with van der Waals surface area (Å²) in [5.74, 6) is 1.04. The number of aromatic hydroxyl groups is 1. The van der Waals surface area contributed by atoms with Crippen molar-refractivity contribution in [3.8, 4) is 5.75 Å². The van der Waals surface area contributed by atoms with Crippen molar-refractivity contribution in [3.63, 3.8) is 0 Å². The predicted molar refractivity (Wildman–Crippen MR) is 73.3 cm³/mol. The van der Waals surface area contributed by atoms with Crippen LogP contribution in [0, 0.1) is 5.92 Å². The highest BCUT2D eigenvalue weighted by molar-refractivity contribution is 5.26. The lowest BCUT2D eigenvalue weighted by Gasteiger charge is -2.24. The normalized spacial score (nSPS) is 16.5. The van der Waals surface area contributed by atoms with Crippen molar-refractivity contribution >= 4 is 0 Å². The van der Waals surface area contributed by atoms with Gasteiger partial charge in [0.1, 0.15) is 5.75 Å². The molecule has 0 heterocycles. The maximum Gasteiger partial charge on any atom is 0.115 e. The number of rotatable bonds is 6. The third kappa shape index (κ3) is 4.78. The predicted octanol–water partition coefficient (Wildman–Crippen LogP) is 3.35. The first-order valence-corrected chi connectivity index (χ1v) is 6.56. The molecule has 2 N–H and O–H groups in total. The van der Waals surface area contributed by atoms with Gasteiger partial charge >= 0.3 is 0 Å². The second kappa shape index (κ2) is 6.65. The molecule has 0 spiro atoms. The molecule has 3 unspecified atom stereocenters. The second-order valence-corrected chi connectivity index (χ2v) is 5.11. The van der Waals surface area contributed by atoms with Crippen LogP contribution >= 0.6 is 0 Å². The summed E-state index contributed by atoms with van der Waals surface area (Å²) in [6.45, 7) is 8.98. The molecule has 96 valence electrons. The fraction of sp³-hybridized carbons (Fsp3) is 0.600. The zero-order valence-electron chi connectivity index (χ0n) is 11.4. The highest BCUT2D eigenvalue weighted by Gasteiger charge is 2.13. The van der Waals surface area contributed by atoms with Gasteiger partial charge in [0, 0.05) is 12.1 Å². The lowest BCUT2D eigenvalue weighted by molar-refractivity contribution is 0.355. The molecule has 0 saturated heterocycles. The van der Waals surface area contributed by atoms with E-state index in [2.05, 4.69) is 33.0 Å². The van der Waals surface area contributed by atoms with Gasteiger partial charge in [-0.3, -0.25) is 0 Å². The topological polar surface area (TPSA) is 32.3 Å². The molecule has 3 atom stereocenters. The molecule has 0 amide bonds. The van der Waals surface area contributed by atoms with E-state index >= 15 is 0 Å². The molecule has 2 heteroatoms. The van der Waals surface area contributed by atoms with Gasteiger partial charge in [0.05, 0.1) is 0 Å². The smallest absolute Gasteiger partial charge is 0.115 e. The molecule has 17 heavy (non-hydrogen) atoms. The fourth-order valence-electron chi connectivity index (χ4n) is 2.01. The summed E-state index contributed by atoms with van der Waals surface area (Å²) in [5, 5.41) is 12.9. The van der Waals surface area contributed by atoms with Gasteiger partial charge in [-0.05, 0) is 43.9 Å². The average molecular weight is 235 g/mol. The van der Waals surface area contributed by atoms with Gasteiger partial charge in [-0.25, -0.2) is 0 Å². The SMILES string of the molecule is CCC(C)C(C)NC(C)Cc1ccc(O)cc1. The van der Waals surface area contributed by atoms with Crippen LogP contribution in [0.4, 0.5) is 0 Å². The maximum atomic E-state index is 9.23. The van der Waals surface area contributed by atoms with E-state index in [1.807, 2.05) is 12.1 Å². The molecule has 0 aromatic heterocycles. The van der Waals surface area contributed by atoms with Gasteiger partial charge in [-0.1, -0.05) is 32.4 Å². The Morgan fingerprint density at radius 1 is 1.12 bits per heavy atom. The molecule has 2 nitrogen and oxygen atoms in total. The van der Waals surface area contributed by atoms with Gasteiger partial charge in [0.2, 0.25) is 0 Å². The third-order valence-electron chi connectivity index (χ3n) is 3.52. The molecule has 0 fully saturated rings. The van der Waals surface area contributed by atoms with E-state index in [-0.39, 0.29) is 0 Å². The van der Waals surface area contributed by atoms with E-state index in [1.54, 1.807) is 12.1 Å². The Morgan fingerprint density at radius 3 is 2.24 bits per heavy atom. The number of nitrogens with one attached hydrogen (secondary N) is 1. The highest BCUT2D eigenvalue weighted by atomic mass is 16.3. The number of phenolic OH excluding ortho intramolecular Hbond substituents is 1. The van der Waals surface area contributed by atoms with Gasteiger partial charge in [0.15, 0.2) is 0 Å². The van der Waals surface area contributed by atoms with Gasteiger partial charge in [0.25, 0.3) is 0 Å². The molecule has 0 bridgehead atoms. The number of benzene rings is 1. The van der Waals surface area contributed by atoms with Crippen molar-refractivity contribution in [2.45, 2.75) is 52.6 Å². The van der Waals surface area contributed by atoms with Crippen LogP contribution in [0.3, 0.4) is 0 Å². The van der Waals surface area contributed by atoms with Crippen LogP contribution in [0.25, 0.3) is 0 Å². The first kappa shape index (κ1) is 14.0. The Bertz CT molecular complexity index is 320. The van der Waals surface area contributed by atoms with E-state index in [1.165, 1.54) is 12.0 Å². The zero-order valence-corrected chi connectivity index (χ0v) is 11.4. The van der Waals surface area contributed by atoms with E-state index in [9.17, 15) is 5.11 Å². The van der Waals surface area contributed by atoms with Crippen LogP contribution in [0.5, 0.6) is 5.75 Å². The quantitative estimate of drug-likeness (QED) is 0.792. The largest absolute Gasteiger partial charge is 0.508 e. The first-order valence-electron chi connectivity index (χ1n) is 6.56. The Kier molecular flexibility index (Phi) is 5.49. The monoisotopic (exact) mass is 235 g/mol. The Morgan fingerprint density at radius 2 is 1.71 bits per heavy atom. The third-order valence-corrected chi connectivity index (χ3v) is 3.52. The van der Waals surface area contributed by atoms with Crippen molar-refractivity contribution in [1.82, 2.24) is 5.32 Å². The number of phenols is 1. The maximum absolute atomic E-state index is 9.23. The van der Waals surface area contributed by atoms with Crippen molar-refractivity contribution in [1.29, 1.82) is 0 Å². The van der Waals surface area contributed by atoms with Gasteiger partial charge in [-0.15, -0.1) is 0 Å². The standard InChI is InChI=1S/C15H25NO/c1-5-11(2)13(4)16-12(3)10-14-6-8-15(17)9-7-14/h6-9,11-13,16-17H,5,10H2,1-4H3. The average Bonchev–Trinajstić information content (AvgIpc) is 2.30. The van der Waals surface area contributed by atoms with Crippen LogP contribution in [0.15, 0.2) is 24.3 Å². The lowest BCUT2D eigenvalue weighted by Crippen LogP contribution is -2.39. The van der Waals surface area contributed by atoms with Gasteiger partial charge < -0.3 is 10.4 Å². The summed E-state index contributed by atoms with van der Waals surface area (Å²) in [7, 11) is 0. The number of hydrogen-bond acceptors (Lipinski definition) is 2. The molecular weight excluding hydrogens is 210 g/mol. The van der Waals surface area contributed by atoms with E-state index in [0.29, 0.717) is 23.8 Å². The van der Waals surface area contributed by atoms with Crippen LogP contribution in [-0.2, 0) is 6.42 Å². The summed E-state index contributed by atoms with van der Waals surface area (Å²) in [4.78, 5) is 0. The molecule has 0 aliphatic heterocycles. The summed E-state index contributed by atoms with van der Waals surface area (Å²) >= 11 is 0. The summed E-state index contributed by atoms with van der Waals surface area (Å²) in [5.41, 5.74) is 1.26. The van der Waals surface area contributed by atoms with E-state index < -0.39 is 0 Å². The Labute approximate surface area is 105 Å². The van der Waals surface area contributed by atoms with Crippen molar-refractivity contribution in [2.24, 2.45) is 5.92 Å². The second-order valence-electron chi connectivity index (χ2n) is 5.11. The molecule has 0 radical (unpaired) electrons. The van der Waals surface area contributed by atoms with Gasteiger partial charge in [-0.2, -0.15) is 0 Å². The minimum atomic E-state index is 0.335. The van der Waals surface area contributed by atoms with E-state index in [4.69, 9.17) is 0 Å². The molecule has 0 aliphatic carbocycles. The van der Waals surface area contributed by atoms with E-state index in [0.717, 1.165) is 6.42 Å². The Balaban J connectivity index is 2.44. The lowest BCUT2D eigenvalue weighted by atomic mass is 9.99. The summed E-state index contributed by atoms with van der Waals surface area (Å²) in [6.07, 6.45) is 2.21. The molecule has 0 saturated carbocycles. The van der Waals surface area contributed by atoms with Crippen LogP contribution < -0.4 is 5.32 Å². The first-order chi connectivity index (χ1) is 8.02. The van der Waals surface area contributed by atoms with Crippen LogP contribution in [-0.4, -0.2) is 17.2 Å². The zero-order chi connectivity index (χ0) is 12.8. The molecule has 1 aromatic rings. The van der Waals surface area contributed by atoms with Crippen molar-refractivity contribution in [3.05, 3.63) is 29.8 Å². The molecule has 0 aliphatic rings. The number of hydrogen-bond donors (Lipinski definition) is 2. The van der Waals surface area contributed by atoms with Crippen molar-refractivity contribution < 1.29 is 5.11 Å².